The number of nitrogens with zero attached hydrogens (tertiary/aromatic N) is 1. The fourth-order valence-electron chi connectivity index (χ4n) is 12.1. The molecule has 72 heavy (non-hydrogen) atoms. The van der Waals surface area contributed by atoms with Gasteiger partial charge < -0.3 is 9.32 Å². The van der Waals surface area contributed by atoms with Crippen molar-refractivity contribution in [2.75, 3.05) is 4.90 Å². The molecule has 0 bridgehead atoms. The summed E-state index contributed by atoms with van der Waals surface area (Å²) in [5, 5.41) is 2.06. The highest BCUT2D eigenvalue weighted by atomic mass is 16.3. The van der Waals surface area contributed by atoms with Gasteiger partial charge >= 0.3 is 0 Å². The largest absolute Gasteiger partial charge is 0.455 e. The first-order valence-corrected chi connectivity index (χ1v) is 24.7. The monoisotopic (exact) mass is 923 g/mol. The van der Waals surface area contributed by atoms with Crippen LogP contribution in [0.1, 0.15) is 52.7 Å². The van der Waals surface area contributed by atoms with E-state index in [1.165, 1.54) is 33.4 Å². The van der Waals surface area contributed by atoms with Gasteiger partial charge in [-0.3, -0.25) is 0 Å². The molecule has 1 aromatic heterocycles. The minimum atomic E-state index is -0.993. The molecule has 0 amide bonds. The van der Waals surface area contributed by atoms with Crippen molar-refractivity contribution >= 4 is 39.0 Å². The lowest BCUT2D eigenvalue weighted by Gasteiger charge is -2.34. The average Bonchev–Trinajstić information content (AvgIpc) is 4.23. The van der Waals surface area contributed by atoms with Gasteiger partial charge in [-0.05, 0) is 114 Å². The number of hydrogen-bond donors (Lipinski definition) is 0. The van der Waals surface area contributed by atoms with Crippen LogP contribution in [-0.4, -0.2) is 0 Å². The second-order valence-electron chi connectivity index (χ2n) is 19.7. The van der Waals surface area contributed by atoms with Gasteiger partial charge in [0, 0.05) is 44.4 Å². The summed E-state index contributed by atoms with van der Waals surface area (Å²) in [6.45, 7) is 4.66. The van der Waals surface area contributed by atoms with E-state index in [1.54, 1.807) is 0 Å². The van der Waals surface area contributed by atoms with Crippen LogP contribution in [-0.2, 0) is 10.8 Å². The van der Waals surface area contributed by atoms with Crippen LogP contribution in [0.15, 0.2) is 265 Å². The van der Waals surface area contributed by atoms with Crippen LogP contribution in [0.3, 0.4) is 0 Å². The Morgan fingerprint density at radius 3 is 1.47 bits per heavy atom. The molecule has 1 atom stereocenters. The highest BCUT2D eigenvalue weighted by Gasteiger charge is 2.46. The first-order valence-electron chi connectivity index (χ1n) is 26.7. The highest BCUT2D eigenvalue weighted by Crippen LogP contribution is 2.56. The number of rotatable bonds is 8. The molecule has 0 saturated carbocycles. The summed E-state index contributed by atoms with van der Waals surface area (Å²) in [5.41, 5.74) is 20.0. The molecule has 14 rings (SSSR count). The summed E-state index contributed by atoms with van der Waals surface area (Å²) < 4.78 is 43.2. The van der Waals surface area contributed by atoms with Crippen LogP contribution in [0.25, 0.3) is 77.6 Å². The van der Waals surface area contributed by atoms with E-state index < -0.39 is 5.41 Å². The fraction of sp³-hybridized carbons (Fsp3) is 0.0571. The molecular weight excluding hydrogens is 871 g/mol. The minimum Gasteiger partial charge on any atom is -0.455 e. The Balaban J connectivity index is 0.854. The molecular formula is C70H49NO. The zero-order valence-corrected chi connectivity index (χ0v) is 39.9. The van der Waals surface area contributed by atoms with Gasteiger partial charge in [0.2, 0.25) is 0 Å². The molecule has 2 heteroatoms. The SMILES string of the molecule is [2H]c1c([2H])c([2H])c2c(c1[2H])-c1ccccc1C2(c1ccccc1)c1ccc(-c2cccc3c2oc2c(-c4ccc(N(c5ccc(-c6ccccc6)cc5)c5ccc6c(c5)C(C)(C)c5ccccc5-6)cc4)cccc23)cc1. The van der Waals surface area contributed by atoms with Crippen molar-refractivity contribution in [1.82, 2.24) is 0 Å². The van der Waals surface area contributed by atoms with Crippen molar-refractivity contribution in [2.24, 2.45) is 0 Å². The molecule has 11 aromatic carbocycles. The van der Waals surface area contributed by atoms with Gasteiger partial charge in [0.15, 0.2) is 0 Å². The Labute approximate surface area is 426 Å². The molecule has 0 N–H and O–H groups in total. The number of furan rings is 1. The second-order valence-corrected chi connectivity index (χ2v) is 19.7. The number of benzene rings is 11. The van der Waals surface area contributed by atoms with Gasteiger partial charge in [-0.1, -0.05) is 238 Å². The summed E-state index contributed by atoms with van der Waals surface area (Å²) >= 11 is 0. The van der Waals surface area contributed by atoms with Gasteiger partial charge in [-0.25, -0.2) is 0 Å². The molecule has 0 aliphatic heterocycles. The van der Waals surface area contributed by atoms with Crippen molar-refractivity contribution in [3.05, 3.63) is 294 Å². The molecule has 2 aliphatic carbocycles. The lowest BCUT2D eigenvalue weighted by molar-refractivity contribution is 0.660. The van der Waals surface area contributed by atoms with E-state index in [2.05, 4.69) is 219 Å². The molecule has 0 spiro atoms. The summed E-state index contributed by atoms with van der Waals surface area (Å²) in [5.74, 6) is 0. The molecule has 2 nitrogen and oxygen atoms in total. The summed E-state index contributed by atoms with van der Waals surface area (Å²) in [4.78, 5) is 2.36. The van der Waals surface area contributed by atoms with Crippen molar-refractivity contribution in [3.8, 4) is 55.6 Å². The summed E-state index contributed by atoms with van der Waals surface area (Å²) in [6.07, 6.45) is 0. The molecule has 1 unspecified atom stereocenters. The Morgan fingerprint density at radius 2 is 0.819 bits per heavy atom. The molecule has 0 radical (unpaired) electrons. The standard InChI is InChI=1S/C70H49NO/c1-69(2)63-28-12-9-21-57(63)60-44-43-54(45-66(60)69)71(52-39-33-47(34-40-52)46-17-5-3-6-18-46)53-41-35-49(36-42-53)56-25-16-27-62-61-26-15-24-55(67(61)72-68(56)62)48-31-37-51(38-32-48)70(50-19-7-4-8-20-50)64-29-13-10-22-58(64)59-23-11-14-30-65(59)70/h3-45H,1-2H3/i10D,13D,22D,29D. The minimum absolute atomic E-state index is 0.0253. The van der Waals surface area contributed by atoms with E-state index in [0.717, 1.165) is 83.5 Å². The second kappa shape index (κ2) is 16.3. The maximum absolute atomic E-state index is 9.42. The third-order valence-electron chi connectivity index (χ3n) is 15.5. The zero-order valence-electron chi connectivity index (χ0n) is 43.9. The summed E-state index contributed by atoms with van der Waals surface area (Å²) in [6, 6.07) is 82.8. The third kappa shape index (κ3) is 6.28. The molecule has 340 valence electrons. The van der Waals surface area contributed by atoms with Crippen molar-refractivity contribution in [2.45, 2.75) is 24.7 Å². The third-order valence-corrected chi connectivity index (χ3v) is 15.5. The van der Waals surface area contributed by atoms with Gasteiger partial charge in [-0.2, -0.15) is 0 Å². The maximum Gasteiger partial charge on any atom is 0.143 e. The zero-order chi connectivity index (χ0) is 51.5. The highest BCUT2D eigenvalue weighted by molar-refractivity contribution is 6.13. The van der Waals surface area contributed by atoms with Crippen molar-refractivity contribution in [1.29, 1.82) is 0 Å². The Morgan fingerprint density at radius 1 is 0.347 bits per heavy atom. The predicted octanol–water partition coefficient (Wildman–Crippen LogP) is 18.7. The van der Waals surface area contributed by atoms with E-state index in [0.29, 0.717) is 11.1 Å². The topological polar surface area (TPSA) is 16.4 Å². The van der Waals surface area contributed by atoms with Crippen LogP contribution < -0.4 is 4.90 Å². The average molecular weight is 924 g/mol. The van der Waals surface area contributed by atoms with Gasteiger partial charge in [0.25, 0.3) is 0 Å². The van der Waals surface area contributed by atoms with Crippen LogP contribution in [0.4, 0.5) is 17.1 Å². The van der Waals surface area contributed by atoms with E-state index in [-0.39, 0.29) is 29.6 Å². The molecule has 0 fully saturated rings. The quantitative estimate of drug-likeness (QED) is 0.151. The van der Waals surface area contributed by atoms with Crippen LogP contribution in [0.5, 0.6) is 0 Å². The molecule has 0 saturated heterocycles. The summed E-state index contributed by atoms with van der Waals surface area (Å²) in [7, 11) is 0. The van der Waals surface area contributed by atoms with Gasteiger partial charge in [0.05, 0.1) is 10.9 Å². The molecule has 2 aliphatic rings. The maximum atomic E-state index is 9.42. The first-order chi connectivity index (χ1) is 37.1. The fourth-order valence-corrected chi connectivity index (χ4v) is 12.1. The molecule has 1 heterocycles. The van der Waals surface area contributed by atoms with Crippen molar-refractivity contribution in [3.63, 3.8) is 0 Å². The number of fused-ring (bicyclic) bond motifs is 9. The van der Waals surface area contributed by atoms with E-state index in [4.69, 9.17) is 8.53 Å². The predicted molar refractivity (Wildman–Crippen MR) is 300 cm³/mol. The smallest absolute Gasteiger partial charge is 0.143 e. The lowest BCUT2D eigenvalue weighted by atomic mass is 9.67. The number of anilines is 3. The lowest BCUT2D eigenvalue weighted by Crippen LogP contribution is -2.28. The van der Waals surface area contributed by atoms with E-state index in [9.17, 15) is 1.37 Å². The van der Waals surface area contributed by atoms with Crippen LogP contribution >= 0.6 is 0 Å². The molecule has 12 aromatic rings. The Hall–Kier alpha value is -8.98. The Kier molecular flexibility index (Phi) is 8.57. The van der Waals surface area contributed by atoms with E-state index in [1.807, 2.05) is 36.4 Å². The van der Waals surface area contributed by atoms with Gasteiger partial charge in [-0.15, -0.1) is 0 Å². The van der Waals surface area contributed by atoms with Crippen LogP contribution in [0, 0.1) is 0 Å². The van der Waals surface area contributed by atoms with E-state index >= 15 is 0 Å². The Bertz CT molecular complexity index is 4280. The number of para-hydroxylation sites is 2. The number of hydrogen-bond acceptors (Lipinski definition) is 2. The van der Waals surface area contributed by atoms with Crippen molar-refractivity contribution < 1.29 is 9.90 Å². The van der Waals surface area contributed by atoms with Gasteiger partial charge in [0.1, 0.15) is 11.2 Å². The van der Waals surface area contributed by atoms with Crippen LogP contribution in [0.2, 0.25) is 0 Å². The normalized spacial score (nSPS) is 15.8. The first kappa shape index (κ1) is 37.9.